The molecule has 8 atom stereocenters. The number of ether oxygens (including phenoxy) is 4. The summed E-state index contributed by atoms with van der Waals surface area (Å²) < 4.78 is 23.3. The van der Waals surface area contributed by atoms with Gasteiger partial charge in [-0.05, 0) is 62.4 Å². The molecule has 42 heavy (non-hydrogen) atoms. The Kier molecular flexibility index (Phi) is 11.6. The second kappa shape index (κ2) is 14.5. The molecular formula is C34H48O8. The summed E-state index contributed by atoms with van der Waals surface area (Å²) in [6.07, 6.45) is 14.6. The van der Waals surface area contributed by atoms with E-state index < -0.39 is 53.5 Å². The van der Waals surface area contributed by atoms with Crippen molar-refractivity contribution >= 4 is 17.9 Å². The molecule has 1 N–H and O–H groups in total. The van der Waals surface area contributed by atoms with Crippen LogP contribution in [0.2, 0.25) is 0 Å². The van der Waals surface area contributed by atoms with Gasteiger partial charge in [-0.1, -0.05) is 76.1 Å². The number of hydrogen-bond donors (Lipinski definition) is 1. The molecule has 3 rings (SSSR count). The van der Waals surface area contributed by atoms with Gasteiger partial charge in [-0.2, -0.15) is 0 Å². The van der Waals surface area contributed by atoms with Gasteiger partial charge in [0.05, 0.1) is 11.5 Å². The number of hydrogen-bond acceptors (Lipinski definition) is 8. The van der Waals surface area contributed by atoms with Crippen molar-refractivity contribution in [3.8, 4) is 0 Å². The first-order valence-corrected chi connectivity index (χ1v) is 15.1. The lowest BCUT2D eigenvalue weighted by molar-refractivity contribution is -0.244. The Hall–Kier alpha value is -2.97. The van der Waals surface area contributed by atoms with Gasteiger partial charge in [0, 0.05) is 25.5 Å². The predicted molar refractivity (Wildman–Crippen MR) is 160 cm³/mol. The molecule has 2 aliphatic carbocycles. The molecule has 1 aliphatic heterocycles. The summed E-state index contributed by atoms with van der Waals surface area (Å²) in [5.41, 5.74) is 0.0367. The molecule has 0 aromatic carbocycles. The highest BCUT2D eigenvalue weighted by Gasteiger charge is 2.69. The maximum absolute atomic E-state index is 12.9. The van der Waals surface area contributed by atoms with E-state index in [0.29, 0.717) is 18.4 Å². The van der Waals surface area contributed by atoms with Crippen LogP contribution < -0.4 is 0 Å². The lowest BCUT2D eigenvalue weighted by Crippen LogP contribution is -2.60. The number of allylic oxidation sites excluding steroid dienone is 6. The van der Waals surface area contributed by atoms with Crippen LogP contribution in [0.3, 0.4) is 0 Å². The number of unbranched alkanes of at least 4 members (excludes halogenated alkanes) is 3. The summed E-state index contributed by atoms with van der Waals surface area (Å²) in [6, 6.07) is 0. The maximum atomic E-state index is 12.9. The lowest BCUT2D eigenvalue weighted by atomic mass is 9.45. The Morgan fingerprint density at radius 3 is 2.48 bits per heavy atom. The largest absolute Gasteiger partial charge is 0.455 e. The van der Waals surface area contributed by atoms with E-state index in [2.05, 4.69) is 26.5 Å². The topological polar surface area (TPSA) is 108 Å². The zero-order valence-corrected chi connectivity index (χ0v) is 26.0. The first kappa shape index (κ1) is 33.5. The normalized spacial score (nSPS) is 34.5. The van der Waals surface area contributed by atoms with Crippen LogP contribution in [0, 0.1) is 22.7 Å². The minimum absolute atomic E-state index is 0.152. The SMILES string of the molecule is C=C/C(C)=C/C[C@]1(C)[C@H](C)[C@@H](O)C[C@@]23C(=C[C@H](OC(=O)/C=C\C=C\CCCCC)C[C@@H]12)[C@@H](OC(C)=O)O[C@H]3OC(C)=O. The first-order valence-electron chi connectivity index (χ1n) is 15.1. The molecule has 8 heteroatoms. The minimum Gasteiger partial charge on any atom is -0.455 e. The molecule has 1 spiro atoms. The summed E-state index contributed by atoms with van der Waals surface area (Å²) in [4.78, 5) is 37.2. The van der Waals surface area contributed by atoms with Crippen molar-refractivity contribution in [1.29, 1.82) is 0 Å². The van der Waals surface area contributed by atoms with E-state index in [1.54, 1.807) is 18.2 Å². The van der Waals surface area contributed by atoms with E-state index in [-0.39, 0.29) is 18.3 Å². The zero-order chi connectivity index (χ0) is 31.1. The van der Waals surface area contributed by atoms with Gasteiger partial charge in [-0.3, -0.25) is 14.3 Å². The molecule has 0 amide bonds. The van der Waals surface area contributed by atoms with E-state index in [1.165, 1.54) is 26.3 Å². The van der Waals surface area contributed by atoms with E-state index in [9.17, 15) is 19.5 Å². The molecule has 0 bridgehead atoms. The van der Waals surface area contributed by atoms with Crippen LogP contribution in [0.15, 0.2) is 60.3 Å². The second-order valence-electron chi connectivity index (χ2n) is 12.2. The van der Waals surface area contributed by atoms with Crippen molar-refractivity contribution in [2.75, 3.05) is 0 Å². The third-order valence-electron chi connectivity index (χ3n) is 9.33. The Balaban J connectivity index is 2.04. The van der Waals surface area contributed by atoms with Crippen LogP contribution in [-0.2, 0) is 33.3 Å². The van der Waals surface area contributed by atoms with Gasteiger partial charge in [0.2, 0.25) is 12.6 Å². The molecule has 232 valence electrons. The summed E-state index contributed by atoms with van der Waals surface area (Å²) >= 11 is 0. The average Bonchev–Trinajstić information content (AvgIpc) is 3.20. The van der Waals surface area contributed by atoms with Crippen molar-refractivity contribution in [3.63, 3.8) is 0 Å². The molecular weight excluding hydrogens is 536 g/mol. The fourth-order valence-electron chi connectivity index (χ4n) is 6.88. The third kappa shape index (κ3) is 7.32. The van der Waals surface area contributed by atoms with Gasteiger partial charge in [-0.15, -0.1) is 0 Å². The predicted octanol–water partition coefficient (Wildman–Crippen LogP) is 6.26. The highest BCUT2D eigenvalue weighted by Crippen LogP contribution is 2.67. The lowest BCUT2D eigenvalue weighted by Gasteiger charge is -2.59. The van der Waals surface area contributed by atoms with Crippen molar-refractivity contribution < 1.29 is 38.4 Å². The van der Waals surface area contributed by atoms with Crippen molar-refractivity contribution in [1.82, 2.24) is 0 Å². The smallest absolute Gasteiger partial charge is 0.331 e. The van der Waals surface area contributed by atoms with Crippen LogP contribution in [-0.4, -0.2) is 47.8 Å². The van der Waals surface area contributed by atoms with Crippen LogP contribution in [0.1, 0.15) is 86.5 Å². The monoisotopic (exact) mass is 584 g/mol. The quantitative estimate of drug-likeness (QED) is 0.0715. The van der Waals surface area contributed by atoms with Gasteiger partial charge >= 0.3 is 17.9 Å². The van der Waals surface area contributed by atoms with Crippen LogP contribution in [0.25, 0.3) is 0 Å². The van der Waals surface area contributed by atoms with Crippen LogP contribution in [0.5, 0.6) is 0 Å². The molecule has 0 radical (unpaired) electrons. The molecule has 1 saturated carbocycles. The van der Waals surface area contributed by atoms with Gasteiger partial charge in [-0.25, -0.2) is 4.79 Å². The molecule has 1 saturated heterocycles. The van der Waals surface area contributed by atoms with E-state index in [0.717, 1.165) is 24.8 Å². The van der Waals surface area contributed by atoms with Crippen LogP contribution >= 0.6 is 0 Å². The van der Waals surface area contributed by atoms with Crippen LogP contribution in [0.4, 0.5) is 0 Å². The van der Waals surface area contributed by atoms with Crippen molar-refractivity contribution in [2.45, 2.75) is 111 Å². The number of rotatable bonds is 12. The molecule has 1 heterocycles. The van der Waals surface area contributed by atoms with Gasteiger partial charge in [0.15, 0.2) is 0 Å². The molecule has 8 nitrogen and oxygen atoms in total. The molecule has 0 aromatic rings. The minimum atomic E-state index is -1.15. The van der Waals surface area contributed by atoms with Crippen molar-refractivity contribution in [2.24, 2.45) is 22.7 Å². The average molecular weight is 585 g/mol. The number of esters is 3. The Bertz CT molecular complexity index is 1130. The van der Waals surface area contributed by atoms with Gasteiger partial charge in [0.1, 0.15) is 6.10 Å². The molecule has 2 fully saturated rings. The number of carbonyl (C=O) groups excluding carboxylic acids is 3. The highest BCUT2D eigenvalue weighted by molar-refractivity contribution is 5.82. The van der Waals surface area contributed by atoms with E-state index >= 15 is 0 Å². The number of aliphatic hydroxyl groups excluding tert-OH is 1. The third-order valence-corrected chi connectivity index (χ3v) is 9.33. The van der Waals surface area contributed by atoms with Gasteiger partial charge < -0.3 is 19.3 Å². The van der Waals surface area contributed by atoms with Crippen molar-refractivity contribution in [3.05, 3.63) is 60.3 Å². The molecule has 3 aliphatic rings. The Morgan fingerprint density at radius 2 is 1.83 bits per heavy atom. The number of aliphatic hydroxyl groups is 1. The highest BCUT2D eigenvalue weighted by atomic mass is 16.8. The number of carbonyl (C=O) groups is 3. The molecule has 0 aromatic heterocycles. The molecule has 0 unspecified atom stereocenters. The fourth-order valence-corrected chi connectivity index (χ4v) is 6.88. The first-order chi connectivity index (χ1) is 19.9. The van der Waals surface area contributed by atoms with E-state index in [4.69, 9.17) is 18.9 Å². The summed E-state index contributed by atoms with van der Waals surface area (Å²) in [5, 5.41) is 11.5. The summed E-state index contributed by atoms with van der Waals surface area (Å²) in [7, 11) is 0. The summed E-state index contributed by atoms with van der Waals surface area (Å²) in [6.45, 7) is 14.7. The standard InChI is InChI=1S/C34H48O8/c1-8-10-11-12-13-14-15-16-30(38)41-26-19-27-31(39-24(5)35)42-32(40-25(6)36)34(27)21-28(37)23(4)33(7,29(34)20-26)18-17-22(3)9-2/h9,13-17,19,23,26,28-29,31-32,37H,2,8,10-12,18,20-21H2,1,3-7H3/b14-13+,16-15-,22-17+/t23-,26+,28+,29+,31+,32-,33-,34-/m1/s1. The Labute approximate surface area is 250 Å². The van der Waals surface area contributed by atoms with E-state index in [1.807, 2.05) is 26.0 Å². The second-order valence-corrected chi connectivity index (χ2v) is 12.2. The fraction of sp³-hybridized carbons (Fsp3) is 0.618. The van der Waals surface area contributed by atoms with Gasteiger partial charge in [0.25, 0.3) is 0 Å². The maximum Gasteiger partial charge on any atom is 0.331 e. The zero-order valence-electron chi connectivity index (χ0n) is 26.0. The summed E-state index contributed by atoms with van der Waals surface area (Å²) in [5.74, 6) is -2.02. The Morgan fingerprint density at radius 1 is 1.12 bits per heavy atom.